The van der Waals surface area contributed by atoms with E-state index in [2.05, 4.69) is 27.3 Å². The Labute approximate surface area is 104 Å². The van der Waals surface area contributed by atoms with Crippen LogP contribution in [0.4, 0.5) is 0 Å². The van der Waals surface area contributed by atoms with Crippen molar-refractivity contribution in [3.8, 4) is 0 Å². The third kappa shape index (κ3) is 2.71. The van der Waals surface area contributed by atoms with Gasteiger partial charge >= 0.3 is 5.76 Å². The summed E-state index contributed by atoms with van der Waals surface area (Å²) in [4.78, 5) is 27.1. The van der Waals surface area contributed by atoms with Crippen molar-refractivity contribution in [1.29, 1.82) is 0 Å². The molecule has 17 heavy (non-hydrogen) atoms. The van der Waals surface area contributed by atoms with Crippen LogP contribution in [0.3, 0.4) is 0 Å². The molecule has 0 saturated carbocycles. The van der Waals surface area contributed by atoms with Gasteiger partial charge in [0.2, 0.25) is 5.91 Å². The van der Waals surface area contributed by atoms with Gasteiger partial charge in [-0.3, -0.25) is 14.3 Å². The smallest absolute Gasteiger partial charge is 0.332 e. The number of aromatic nitrogens is 2. The number of thiol groups is 1. The second-order valence-corrected chi connectivity index (χ2v) is 4.50. The number of hydrogen-bond acceptors (Lipinski definition) is 5. The SMILES string of the molecule is O=C(CCS)N1CCCCC1c1noc(=O)[nH]1. The molecule has 1 atom stereocenters. The van der Waals surface area contributed by atoms with Crippen LogP contribution in [-0.2, 0) is 4.79 Å². The zero-order valence-corrected chi connectivity index (χ0v) is 10.3. The lowest BCUT2D eigenvalue weighted by molar-refractivity contribution is -0.134. The molecule has 1 fully saturated rings. The molecule has 0 aromatic carbocycles. The topological polar surface area (TPSA) is 79.2 Å². The van der Waals surface area contributed by atoms with E-state index >= 15 is 0 Å². The van der Waals surface area contributed by atoms with Gasteiger partial charge < -0.3 is 4.90 Å². The monoisotopic (exact) mass is 257 g/mol. The molecule has 1 N–H and O–H groups in total. The van der Waals surface area contributed by atoms with Gasteiger partial charge in [0.05, 0.1) is 6.04 Å². The molecule has 1 aliphatic heterocycles. The Bertz CT molecular complexity index is 442. The van der Waals surface area contributed by atoms with Gasteiger partial charge in [0.1, 0.15) is 0 Å². The minimum absolute atomic E-state index is 0.0496. The van der Waals surface area contributed by atoms with E-state index in [1.165, 1.54) is 0 Å². The molecule has 0 spiro atoms. The van der Waals surface area contributed by atoms with Gasteiger partial charge in [-0.05, 0) is 25.0 Å². The summed E-state index contributed by atoms with van der Waals surface area (Å²) in [5.41, 5.74) is 0. The van der Waals surface area contributed by atoms with E-state index in [4.69, 9.17) is 0 Å². The van der Waals surface area contributed by atoms with Gasteiger partial charge in [-0.2, -0.15) is 12.6 Å². The second-order valence-electron chi connectivity index (χ2n) is 4.05. The van der Waals surface area contributed by atoms with Crippen molar-refractivity contribution in [2.75, 3.05) is 12.3 Å². The van der Waals surface area contributed by atoms with Gasteiger partial charge in [0.15, 0.2) is 5.82 Å². The number of rotatable bonds is 3. The predicted molar refractivity (Wildman–Crippen MR) is 63.9 cm³/mol. The Hall–Kier alpha value is -1.24. The summed E-state index contributed by atoms with van der Waals surface area (Å²) >= 11 is 4.06. The fraction of sp³-hybridized carbons (Fsp3) is 0.700. The highest BCUT2D eigenvalue weighted by atomic mass is 32.1. The maximum atomic E-state index is 11.9. The molecule has 0 radical (unpaired) electrons. The van der Waals surface area contributed by atoms with Crippen LogP contribution in [0.25, 0.3) is 0 Å². The lowest BCUT2D eigenvalue weighted by Gasteiger charge is -2.34. The van der Waals surface area contributed by atoms with Crippen molar-refractivity contribution < 1.29 is 9.32 Å². The lowest BCUT2D eigenvalue weighted by Crippen LogP contribution is -2.39. The first-order valence-corrected chi connectivity index (χ1v) is 6.32. The highest BCUT2D eigenvalue weighted by Gasteiger charge is 2.30. The summed E-state index contributed by atoms with van der Waals surface area (Å²) < 4.78 is 4.49. The molecule has 1 amide bonds. The van der Waals surface area contributed by atoms with Crippen molar-refractivity contribution in [3.63, 3.8) is 0 Å². The number of carbonyl (C=O) groups excluding carboxylic acids is 1. The molecule has 0 bridgehead atoms. The van der Waals surface area contributed by atoms with E-state index in [-0.39, 0.29) is 11.9 Å². The summed E-state index contributed by atoms with van der Waals surface area (Å²) in [7, 11) is 0. The third-order valence-electron chi connectivity index (χ3n) is 2.92. The van der Waals surface area contributed by atoms with Gasteiger partial charge in [-0.15, -0.1) is 0 Å². The van der Waals surface area contributed by atoms with E-state index in [0.29, 0.717) is 24.5 Å². The first-order valence-electron chi connectivity index (χ1n) is 5.68. The standard InChI is InChI=1S/C10H15N3O3S/c14-8(4-6-17)13-5-2-1-3-7(13)9-11-10(15)16-12-9/h7,17H,1-6H2,(H,11,12,15). The molecule has 1 unspecified atom stereocenters. The van der Waals surface area contributed by atoms with Gasteiger partial charge in [0.25, 0.3) is 0 Å². The zero-order valence-electron chi connectivity index (χ0n) is 9.39. The van der Waals surface area contributed by atoms with Crippen molar-refractivity contribution in [3.05, 3.63) is 16.4 Å². The Kier molecular flexibility index (Phi) is 3.88. The Morgan fingerprint density at radius 3 is 3.06 bits per heavy atom. The van der Waals surface area contributed by atoms with Crippen molar-refractivity contribution in [2.45, 2.75) is 31.7 Å². The molecular weight excluding hydrogens is 242 g/mol. The summed E-state index contributed by atoms with van der Waals surface area (Å²) in [5.74, 6) is 0.445. The van der Waals surface area contributed by atoms with E-state index < -0.39 is 5.76 Å². The van der Waals surface area contributed by atoms with E-state index in [9.17, 15) is 9.59 Å². The number of H-pyrrole nitrogens is 1. The number of piperidine rings is 1. The van der Waals surface area contributed by atoms with Crippen LogP contribution < -0.4 is 5.76 Å². The van der Waals surface area contributed by atoms with Gasteiger partial charge in [0, 0.05) is 13.0 Å². The lowest BCUT2D eigenvalue weighted by atomic mass is 10.0. The molecule has 1 saturated heterocycles. The fourth-order valence-electron chi connectivity index (χ4n) is 2.14. The van der Waals surface area contributed by atoms with Crippen molar-refractivity contribution >= 4 is 18.5 Å². The van der Waals surface area contributed by atoms with Crippen LogP contribution in [-0.4, -0.2) is 33.2 Å². The van der Waals surface area contributed by atoms with Crippen LogP contribution in [0.15, 0.2) is 9.32 Å². The molecule has 2 rings (SSSR count). The quantitative estimate of drug-likeness (QED) is 0.783. The molecule has 7 heteroatoms. The van der Waals surface area contributed by atoms with Crippen LogP contribution in [0.1, 0.15) is 37.5 Å². The summed E-state index contributed by atoms with van der Waals surface area (Å²) in [6.45, 7) is 0.701. The summed E-state index contributed by atoms with van der Waals surface area (Å²) in [5, 5.41) is 3.68. The Balaban J connectivity index is 2.17. The number of nitrogens with one attached hydrogen (secondary N) is 1. The minimum Gasteiger partial charge on any atom is -0.332 e. The van der Waals surface area contributed by atoms with E-state index in [0.717, 1.165) is 19.3 Å². The van der Waals surface area contributed by atoms with Crippen molar-refractivity contribution in [2.24, 2.45) is 0 Å². The predicted octanol–water partition coefficient (Wildman–Crippen LogP) is 0.736. The van der Waals surface area contributed by atoms with Crippen LogP contribution >= 0.6 is 12.6 Å². The molecule has 1 aliphatic rings. The molecule has 94 valence electrons. The van der Waals surface area contributed by atoms with Gasteiger partial charge in [-0.25, -0.2) is 4.79 Å². The molecule has 6 nitrogen and oxygen atoms in total. The van der Waals surface area contributed by atoms with Gasteiger partial charge in [-0.1, -0.05) is 5.16 Å². The maximum Gasteiger partial charge on any atom is 0.438 e. The molecular formula is C10H15N3O3S. The normalized spacial score (nSPS) is 20.5. The van der Waals surface area contributed by atoms with Crippen molar-refractivity contribution in [1.82, 2.24) is 15.0 Å². The second kappa shape index (κ2) is 5.39. The number of carbonyl (C=O) groups is 1. The molecule has 1 aromatic heterocycles. The largest absolute Gasteiger partial charge is 0.438 e. The van der Waals surface area contributed by atoms with Crippen LogP contribution in [0.2, 0.25) is 0 Å². The highest BCUT2D eigenvalue weighted by molar-refractivity contribution is 7.80. The summed E-state index contributed by atoms with van der Waals surface area (Å²) in [6.07, 6.45) is 3.21. The summed E-state index contributed by atoms with van der Waals surface area (Å²) in [6, 6.07) is -0.164. The maximum absolute atomic E-state index is 11.9. The average molecular weight is 257 g/mol. The number of aromatic amines is 1. The molecule has 2 heterocycles. The number of hydrogen-bond donors (Lipinski definition) is 2. The highest BCUT2D eigenvalue weighted by Crippen LogP contribution is 2.28. The number of likely N-dealkylation sites (tertiary alicyclic amines) is 1. The van der Waals surface area contributed by atoms with Crippen LogP contribution in [0.5, 0.6) is 0 Å². The first-order chi connectivity index (χ1) is 8.22. The third-order valence-corrected chi connectivity index (χ3v) is 3.15. The number of nitrogens with zero attached hydrogens (tertiary/aromatic N) is 2. The number of amides is 1. The minimum atomic E-state index is -0.577. The van der Waals surface area contributed by atoms with Crippen LogP contribution in [0, 0.1) is 0 Å². The van der Waals surface area contributed by atoms with E-state index in [1.807, 2.05) is 0 Å². The Morgan fingerprint density at radius 2 is 2.41 bits per heavy atom. The molecule has 0 aliphatic carbocycles. The zero-order chi connectivity index (χ0) is 12.3. The molecule has 1 aromatic rings. The first kappa shape index (κ1) is 12.2. The Morgan fingerprint density at radius 1 is 1.59 bits per heavy atom. The van der Waals surface area contributed by atoms with E-state index in [1.54, 1.807) is 4.90 Å². The fourth-order valence-corrected chi connectivity index (χ4v) is 2.33. The average Bonchev–Trinajstić information content (AvgIpc) is 2.76.